The molecule has 3 aliphatic heterocycles. The molecule has 4 heterocycles. The number of aryl methyl sites for hydroxylation is 1. The number of hydrogen-bond donors (Lipinski definition) is 0. The molecule has 0 saturated carbocycles. The zero-order valence-corrected chi connectivity index (χ0v) is 16.3. The van der Waals surface area contributed by atoms with Gasteiger partial charge in [-0.15, -0.1) is 0 Å². The molecule has 1 aromatic carbocycles. The lowest BCUT2D eigenvalue weighted by molar-refractivity contribution is -0.133. The molecule has 0 N–H and O–H groups in total. The monoisotopic (exact) mass is 375 g/mol. The maximum atomic E-state index is 12.7. The van der Waals surface area contributed by atoms with E-state index < -0.39 is 0 Å². The predicted molar refractivity (Wildman–Crippen MR) is 107 cm³/mol. The lowest BCUT2D eigenvalue weighted by Crippen LogP contribution is -2.40. The Bertz CT molecular complexity index is 960. The van der Waals surface area contributed by atoms with Gasteiger partial charge in [0.2, 0.25) is 5.91 Å². The number of aromatic nitrogens is 1. The summed E-state index contributed by atoms with van der Waals surface area (Å²) in [4.78, 5) is 23.9. The van der Waals surface area contributed by atoms with Crippen molar-refractivity contribution in [3.05, 3.63) is 64.0 Å². The number of amides is 1. The molecule has 1 amide bonds. The second-order valence-electron chi connectivity index (χ2n) is 8.14. The van der Waals surface area contributed by atoms with Gasteiger partial charge in [-0.05, 0) is 60.6 Å². The number of benzene rings is 1. The molecule has 144 valence electrons. The normalized spacial score (nSPS) is 19.4. The van der Waals surface area contributed by atoms with Crippen LogP contribution in [0.2, 0.25) is 0 Å². The molecule has 0 spiro atoms. The van der Waals surface area contributed by atoms with E-state index in [1.165, 1.54) is 22.3 Å². The Kier molecular flexibility index (Phi) is 4.47. The van der Waals surface area contributed by atoms with Crippen molar-refractivity contribution in [3.8, 4) is 0 Å². The molecule has 0 atom stereocenters. The van der Waals surface area contributed by atoms with E-state index in [9.17, 15) is 4.79 Å². The Morgan fingerprint density at radius 2 is 2.00 bits per heavy atom. The average molecular weight is 375 g/mol. The highest BCUT2D eigenvalue weighted by atomic mass is 16.5. The van der Waals surface area contributed by atoms with Gasteiger partial charge in [-0.1, -0.05) is 6.07 Å². The Morgan fingerprint density at radius 1 is 1.14 bits per heavy atom. The first kappa shape index (κ1) is 17.6. The van der Waals surface area contributed by atoms with Gasteiger partial charge < -0.3 is 9.64 Å². The summed E-state index contributed by atoms with van der Waals surface area (Å²) < 4.78 is 5.46. The fraction of sp³-hybridized carbons (Fsp3) is 0.435. The number of carbonyl (C=O) groups excluding carboxylic acids is 1. The van der Waals surface area contributed by atoms with Gasteiger partial charge in [-0.3, -0.25) is 14.8 Å². The number of nitrogens with zero attached hydrogens (tertiary/aromatic N) is 3. The summed E-state index contributed by atoms with van der Waals surface area (Å²) in [5.41, 5.74) is 8.06. The third kappa shape index (κ3) is 3.24. The molecule has 0 radical (unpaired) electrons. The van der Waals surface area contributed by atoms with Gasteiger partial charge in [-0.2, -0.15) is 0 Å². The zero-order valence-electron chi connectivity index (χ0n) is 16.3. The van der Waals surface area contributed by atoms with E-state index in [0.29, 0.717) is 25.4 Å². The van der Waals surface area contributed by atoms with Crippen molar-refractivity contribution in [1.29, 1.82) is 0 Å². The number of aliphatic imine (C=N–C) groups is 1. The first-order valence-corrected chi connectivity index (χ1v) is 10.2. The van der Waals surface area contributed by atoms with Crippen molar-refractivity contribution in [1.82, 2.24) is 9.88 Å². The molecular weight excluding hydrogens is 350 g/mol. The highest BCUT2D eigenvalue weighted by Gasteiger charge is 2.29. The molecule has 1 saturated heterocycles. The molecule has 2 aromatic rings. The summed E-state index contributed by atoms with van der Waals surface area (Å²) in [6.45, 7) is 5.90. The van der Waals surface area contributed by atoms with Crippen LogP contribution in [0, 0.1) is 12.8 Å². The molecule has 5 nitrogen and oxygen atoms in total. The van der Waals surface area contributed by atoms with E-state index in [-0.39, 0.29) is 5.91 Å². The Balaban J connectivity index is 1.42. The summed E-state index contributed by atoms with van der Waals surface area (Å²) in [6, 6.07) is 8.60. The lowest BCUT2D eigenvalue weighted by atomic mass is 9.90. The summed E-state index contributed by atoms with van der Waals surface area (Å²) in [6.07, 6.45) is 4.46. The first-order chi connectivity index (χ1) is 13.7. The van der Waals surface area contributed by atoms with Crippen LogP contribution in [0.25, 0.3) is 0 Å². The zero-order chi connectivity index (χ0) is 19.1. The van der Waals surface area contributed by atoms with Crippen LogP contribution in [-0.4, -0.2) is 41.3 Å². The van der Waals surface area contributed by atoms with Crippen LogP contribution in [0.15, 0.2) is 35.5 Å². The van der Waals surface area contributed by atoms with Gasteiger partial charge >= 0.3 is 0 Å². The Hall–Kier alpha value is -2.53. The highest BCUT2D eigenvalue weighted by molar-refractivity contribution is 6.15. The molecule has 1 aromatic heterocycles. The predicted octanol–water partition coefficient (Wildman–Crippen LogP) is 3.05. The standard InChI is InChI=1S/C23H25N3O2/c1-15-8-17(2-5-24-15)23-21-10-20-14-26(13-16-3-6-28-7-4-16)22(27)11-18(20)9-19(21)12-25-23/h2,5,8-10,16H,3-4,6-7,11-14H2,1H3. The van der Waals surface area contributed by atoms with Crippen LogP contribution in [0.5, 0.6) is 0 Å². The molecule has 5 heteroatoms. The molecule has 28 heavy (non-hydrogen) atoms. The first-order valence-electron chi connectivity index (χ1n) is 10.2. The summed E-state index contributed by atoms with van der Waals surface area (Å²) in [5.74, 6) is 0.813. The van der Waals surface area contributed by atoms with Crippen molar-refractivity contribution < 1.29 is 9.53 Å². The minimum atomic E-state index is 0.253. The van der Waals surface area contributed by atoms with Gasteiger partial charge in [0.1, 0.15) is 0 Å². The number of carbonyl (C=O) groups is 1. The number of pyridine rings is 1. The highest BCUT2D eigenvalue weighted by Crippen LogP contribution is 2.30. The summed E-state index contributed by atoms with van der Waals surface area (Å²) in [7, 11) is 0. The van der Waals surface area contributed by atoms with Gasteiger partial charge in [0.25, 0.3) is 0 Å². The molecule has 5 rings (SSSR count). The second kappa shape index (κ2) is 7.13. The van der Waals surface area contributed by atoms with Crippen molar-refractivity contribution in [3.63, 3.8) is 0 Å². The smallest absolute Gasteiger partial charge is 0.227 e. The van der Waals surface area contributed by atoms with Crippen LogP contribution in [-0.2, 0) is 29.0 Å². The fourth-order valence-electron chi connectivity index (χ4n) is 4.57. The molecule has 0 aliphatic carbocycles. The summed E-state index contributed by atoms with van der Waals surface area (Å²) in [5, 5.41) is 0. The fourth-order valence-corrected chi connectivity index (χ4v) is 4.57. The van der Waals surface area contributed by atoms with E-state index in [2.05, 4.69) is 23.2 Å². The molecular formula is C23H25N3O2. The van der Waals surface area contributed by atoms with Crippen molar-refractivity contribution >= 4 is 11.6 Å². The molecule has 1 fully saturated rings. The van der Waals surface area contributed by atoms with Gasteiger partial charge in [0, 0.05) is 49.3 Å². The lowest BCUT2D eigenvalue weighted by Gasteiger charge is -2.33. The van der Waals surface area contributed by atoms with Gasteiger partial charge in [0.05, 0.1) is 18.7 Å². The minimum absolute atomic E-state index is 0.253. The quantitative estimate of drug-likeness (QED) is 0.829. The van der Waals surface area contributed by atoms with E-state index in [1.54, 1.807) is 0 Å². The van der Waals surface area contributed by atoms with E-state index >= 15 is 0 Å². The van der Waals surface area contributed by atoms with Gasteiger partial charge in [0.15, 0.2) is 0 Å². The number of ether oxygens (including phenoxy) is 1. The minimum Gasteiger partial charge on any atom is -0.381 e. The topological polar surface area (TPSA) is 54.8 Å². The SMILES string of the molecule is Cc1cc(C2=NCc3cc4c(cc32)CN(CC2CCOCC2)C(=O)C4)ccn1. The maximum Gasteiger partial charge on any atom is 0.227 e. The third-order valence-electron chi connectivity index (χ3n) is 6.13. The second-order valence-corrected chi connectivity index (χ2v) is 8.14. The van der Waals surface area contributed by atoms with Crippen molar-refractivity contribution in [2.75, 3.05) is 19.8 Å². The van der Waals surface area contributed by atoms with Crippen molar-refractivity contribution in [2.45, 2.75) is 39.3 Å². The van der Waals surface area contributed by atoms with E-state index in [0.717, 1.165) is 49.6 Å². The van der Waals surface area contributed by atoms with Gasteiger partial charge in [-0.25, -0.2) is 0 Å². The number of fused-ring (bicyclic) bond motifs is 2. The number of hydrogen-bond acceptors (Lipinski definition) is 4. The van der Waals surface area contributed by atoms with Crippen LogP contribution in [0.4, 0.5) is 0 Å². The molecule has 0 bridgehead atoms. The third-order valence-corrected chi connectivity index (χ3v) is 6.13. The van der Waals surface area contributed by atoms with E-state index in [4.69, 9.17) is 9.73 Å². The molecule has 3 aliphatic rings. The van der Waals surface area contributed by atoms with Crippen LogP contribution >= 0.6 is 0 Å². The van der Waals surface area contributed by atoms with Crippen LogP contribution in [0.3, 0.4) is 0 Å². The average Bonchev–Trinajstić information content (AvgIpc) is 3.10. The maximum absolute atomic E-state index is 12.7. The molecule has 0 unspecified atom stereocenters. The van der Waals surface area contributed by atoms with Crippen LogP contribution in [0.1, 0.15) is 46.4 Å². The largest absolute Gasteiger partial charge is 0.381 e. The van der Waals surface area contributed by atoms with Crippen molar-refractivity contribution in [2.24, 2.45) is 10.9 Å². The Labute approximate surface area is 165 Å². The summed E-state index contributed by atoms with van der Waals surface area (Å²) >= 11 is 0. The van der Waals surface area contributed by atoms with Crippen LogP contribution < -0.4 is 0 Å². The van der Waals surface area contributed by atoms with E-state index in [1.807, 2.05) is 24.1 Å². The Morgan fingerprint density at radius 3 is 2.82 bits per heavy atom. The number of rotatable bonds is 3.